The highest BCUT2D eigenvalue weighted by Gasteiger charge is 2.18. The van der Waals surface area contributed by atoms with Crippen molar-refractivity contribution < 1.29 is 9.53 Å². The van der Waals surface area contributed by atoms with E-state index in [1.165, 1.54) is 11.3 Å². The Morgan fingerprint density at radius 1 is 1.55 bits per heavy atom. The summed E-state index contributed by atoms with van der Waals surface area (Å²) in [7, 11) is 1.74. The normalized spacial score (nSPS) is 11.4. The zero-order valence-electron chi connectivity index (χ0n) is 12.4. The Hall–Kier alpha value is -0.850. The number of nitrogens with zero attached hydrogens (tertiary/aromatic N) is 2. The number of carbonyl (C=O) groups is 1. The first-order valence-corrected chi connectivity index (χ1v) is 7.72. The lowest BCUT2D eigenvalue weighted by molar-refractivity contribution is 0.0297. The number of thiazole rings is 1. The van der Waals surface area contributed by atoms with Crippen molar-refractivity contribution in [3.05, 3.63) is 15.5 Å². The number of rotatable bonds is 6. The molecule has 20 heavy (non-hydrogen) atoms. The second-order valence-electron chi connectivity index (χ2n) is 5.49. The summed E-state index contributed by atoms with van der Waals surface area (Å²) in [6, 6.07) is 0. The van der Waals surface area contributed by atoms with Crippen LogP contribution >= 0.6 is 22.9 Å². The van der Waals surface area contributed by atoms with Gasteiger partial charge in [-0.25, -0.2) is 9.78 Å². The molecule has 0 aliphatic heterocycles. The molecule has 5 nitrogen and oxygen atoms in total. The predicted molar refractivity (Wildman–Crippen MR) is 82.3 cm³/mol. The van der Waals surface area contributed by atoms with Crippen molar-refractivity contribution in [3.8, 4) is 0 Å². The number of carbonyl (C=O) groups excluding carboxylic acids is 1. The number of aromatic nitrogens is 1. The van der Waals surface area contributed by atoms with Gasteiger partial charge in [-0.2, -0.15) is 0 Å². The zero-order chi connectivity index (χ0) is 15.2. The molecule has 0 saturated heterocycles. The SMILES string of the molecule is CN(CCCNCc1ncc(Cl)s1)C(=O)OC(C)(C)C. The highest BCUT2D eigenvalue weighted by Crippen LogP contribution is 2.17. The fraction of sp³-hybridized carbons (Fsp3) is 0.692. The number of amides is 1. The molecule has 0 unspecified atom stereocenters. The van der Waals surface area contributed by atoms with E-state index < -0.39 is 5.60 Å². The van der Waals surface area contributed by atoms with Crippen LogP contribution in [0.15, 0.2) is 6.20 Å². The van der Waals surface area contributed by atoms with Gasteiger partial charge in [-0.15, -0.1) is 11.3 Å². The molecule has 1 rings (SSSR count). The molecule has 0 aromatic carbocycles. The number of halogens is 1. The summed E-state index contributed by atoms with van der Waals surface area (Å²) in [6.07, 6.45) is 2.22. The molecule has 1 amide bonds. The summed E-state index contributed by atoms with van der Waals surface area (Å²) in [4.78, 5) is 17.5. The van der Waals surface area contributed by atoms with E-state index in [1.807, 2.05) is 20.8 Å². The fourth-order valence-electron chi connectivity index (χ4n) is 1.44. The Labute approximate surface area is 129 Å². The van der Waals surface area contributed by atoms with Crippen LogP contribution in [-0.2, 0) is 11.3 Å². The Morgan fingerprint density at radius 2 is 2.25 bits per heavy atom. The van der Waals surface area contributed by atoms with Crippen molar-refractivity contribution in [1.29, 1.82) is 0 Å². The first-order chi connectivity index (χ1) is 9.28. The van der Waals surface area contributed by atoms with Gasteiger partial charge >= 0.3 is 6.09 Å². The number of nitrogens with one attached hydrogen (secondary N) is 1. The molecule has 7 heteroatoms. The average Bonchev–Trinajstić information content (AvgIpc) is 2.72. The second kappa shape index (κ2) is 7.81. The van der Waals surface area contributed by atoms with Crippen molar-refractivity contribution in [1.82, 2.24) is 15.2 Å². The smallest absolute Gasteiger partial charge is 0.410 e. The van der Waals surface area contributed by atoms with Crippen LogP contribution in [0.3, 0.4) is 0 Å². The number of hydrogen-bond acceptors (Lipinski definition) is 5. The molecule has 1 aromatic heterocycles. The van der Waals surface area contributed by atoms with Crippen LogP contribution in [0.25, 0.3) is 0 Å². The molecule has 0 bridgehead atoms. The Bertz CT molecular complexity index is 431. The lowest BCUT2D eigenvalue weighted by Crippen LogP contribution is -2.35. The van der Waals surface area contributed by atoms with Gasteiger partial charge in [-0.1, -0.05) is 11.6 Å². The largest absolute Gasteiger partial charge is 0.444 e. The van der Waals surface area contributed by atoms with Gasteiger partial charge < -0.3 is 15.0 Å². The summed E-state index contributed by atoms with van der Waals surface area (Å²) in [5, 5.41) is 4.24. The molecular formula is C13H22ClN3O2S. The second-order valence-corrected chi connectivity index (χ2v) is 7.24. The van der Waals surface area contributed by atoms with E-state index in [1.54, 1.807) is 18.1 Å². The van der Waals surface area contributed by atoms with Crippen LogP contribution in [0, 0.1) is 0 Å². The predicted octanol–water partition coefficient (Wildman–Crippen LogP) is 3.14. The molecule has 0 fully saturated rings. The fourth-order valence-corrected chi connectivity index (χ4v) is 2.36. The van der Waals surface area contributed by atoms with Gasteiger partial charge in [0.2, 0.25) is 0 Å². The van der Waals surface area contributed by atoms with E-state index in [2.05, 4.69) is 10.3 Å². The monoisotopic (exact) mass is 319 g/mol. The molecule has 0 aliphatic carbocycles. The molecule has 1 aromatic rings. The maximum absolute atomic E-state index is 11.7. The third-order valence-electron chi connectivity index (χ3n) is 2.35. The Morgan fingerprint density at radius 3 is 2.80 bits per heavy atom. The van der Waals surface area contributed by atoms with Crippen molar-refractivity contribution in [2.45, 2.75) is 39.3 Å². The minimum atomic E-state index is -0.451. The van der Waals surface area contributed by atoms with Crippen LogP contribution in [0.5, 0.6) is 0 Å². The molecule has 0 spiro atoms. The van der Waals surface area contributed by atoms with E-state index in [4.69, 9.17) is 16.3 Å². The highest BCUT2D eigenvalue weighted by atomic mass is 35.5. The van der Waals surface area contributed by atoms with E-state index in [-0.39, 0.29) is 6.09 Å². The Balaban J connectivity index is 2.13. The average molecular weight is 320 g/mol. The van der Waals surface area contributed by atoms with Gasteiger partial charge in [-0.05, 0) is 33.7 Å². The van der Waals surface area contributed by atoms with Crippen molar-refractivity contribution in [3.63, 3.8) is 0 Å². The minimum Gasteiger partial charge on any atom is -0.444 e. The van der Waals surface area contributed by atoms with Crippen molar-refractivity contribution >= 4 is 29.0 Å². The molecule has 1 N–H and O–H groups in total. The van der Waals surface area contributed by atoms with Crippen molar-refractivity contribution in [2.24, 2.45) is 0 Å². The highest BCUT2D eigenvalue weighted by molar-refractivity contribution is 7.15. The summed E-state index contributed by atoms with van der Waals surface area (Å²) in [5.74, 6) is 0. The zero-order valence-corrected chi connectivity index (χ0v) is 14.0. The van der Waals surface area contributed by atoms with Crippen LogP contribution in [0.1, 0.15) is 32.2 Å². The van der Waals surface area contributed by atoms with Gasteiger partial charge in [0.15, 0.2) is 0 Å². The van der Waals surface area contributed by atoms with E-state index >= 15 is 0 Å². The lowest BCUT2D eigenvalue weighted by atomic mass is 10.2. The van der Waals surface area contributed by atoms with Gasteiger partial charge in [0.25, 0.3) is 0 Å². The third kappa shape index (κ3) is 7.07. The number of hydrogen-bond donors (Lipinski definition) is 1. The molecule has 0 aliphatic rings. The van der Waals surface area contributed by atoms with Crippen LogP contribution in [0.4, 0.5) is 4.79 Å². The quantitative estimate of drug-likeness (QED) is 0.818. The van der Waals surface area contributed by atoms with Crippen LogP contribution in [-0.4, -0.2) is 41.7 Å². The molecule has 114 valence electrons. The summed E-state index contributed by atoms with van der Waals surface area (Å²) >= 11 is 7.27. The first kappa shape index (κ1) is 17.2. The van der Waals surface area contributed by atoms with E-state index in [0.717, 1.165) is 18.0 Å². The molecule has 0 radical (unpaired) electrons. The first-order valence-electron chi connectivity index (χ1n) is 6.53. The van der Waals surface area contributed by atoms with Gasteiger partial charge in [0.05, 0.1) is 6.20 Å². The topological polar surface area (TPSA) is 54.5 Å². The maximum Gasteiger partial charge on any atom is 0.410 e. The van der Waals surface area contributed by atoms with Crippen LogP contribution < -0.4 is 5.32 Å². The standard InChI is InChI=1S/C13H22ClN3O2S/c1-13(2,3)19-12(18)17(4)7-5-6-15-9-11-16-8-10(14)20-11/h8,15H,5-7,9H2,1-4H3. The number of ether oxygens (including phenoxy) is 1. The summed E-state index contributed by atoms with van der Waals surface area (Å²) in [6.45, 7) is 7.75. The minimum absolute atomic E-state index is 0.288. The van der Waals surface area contributed by atoms with Gasteiger partial charge in [-0.3, -0.25) is 0 Å². The molecular weight excluding hydrogens is 298 g/mol. The molecule has 0 atom stereocenters. The van der Waals surface area contributed by atoms with Crippen LogP contribution in [0.2, 0.25) is 4.34 Å². The molecule has 0 saturated carbocycles. The lowest BCUT2D eigenvalue weighted by Gasteiger charge is -2.24. The molecule has 1 heterocycles. The van der Waals surface area contributed by atoms with Gasteiger partial charge in [0.1, 0.15) is 14.9 Å². The van der Waals surface area contributed by atoms with E-state index in [0.29, 0.717) is 17.4 Å². The summed E-state index contributed by atoms with van der Waals surface area (Å²) in [5.41, 5.74) is -0.451. The maximum atomic E-state index is 11.7. The Kier molecular flexibility index (Phi) is 6.71. The summed E-state index contributed by atoms with van der Waals surface area (Å²) < 4.78 is 5.97. The van der Waals surface area contributed by atoms with Crippen molar-refractivity contribution in [2.75, 3.05) is 20.1 Å². The van der Waals surface area contributed by atoms with E-state index in [9.17, 15) is 4.79 Å². The van der Waals surface area contributed by atoms with Gasteiger partial charge in [0, 0.05) is 20.1 Å². The third-order valence-corrected chi connectivity index (χ3v) is 3.47.